The molecule has 0 unspecified atom stereocenters. The van der Waals surface area contributed by atoms with Crippen molar-refractivity contribution in [3.05, 3.63) is 52.5 Å². The van der Waals surface area contributed by atoms with Gasteiger partial charge in [-0.2, -0.15) is 0 Å². The molecule has 0 saturated heterocycles. The maximum absolute atomic E-state index is 12.3. The second-order valence-electron chi connectivity index (χ2n) is 6.14. The van der Waals surface area contributed by atoms with Crippen molar-refractivity contribution in [1.82, 2.24) is 9.55 Å². The Kier molecular flexibility index (Phi) is 6.10. The van der Waals surface area contributed by atoms with Gasteiger partial charge in [-0.05, 0) is 31.0 Å². The van der Waals surface area contributed by atoms with Crippen molar-refractivity contribution >= 4 is 34.9 Å². The Morgan fingerprint density at radius 1 is 1.28 bits per heavy atom. The van der Waals surface area contributed by atoms with Crippen LogP contribution in [0.15, 0.2) is 42.1 Å². The van der Waals surface area contributed by atoms with Crippen molar-refractivity contribution in [2.75, 3.05) is 0 Å². The second-order valence-corrected chi connectivity index (χ2v) is 6.99. The molecule has 1 aliphatic rings. The highest BCUT2D eigenvalue weighted by Gasteiger charge is 2.23. The van der Waals surface area contributed by atoms with Crippen molar-refractivity contribution in [3.63, 3.8) is 0 Å². The SMILES string of the molecule is O=C(O/N=C(\Cn1ccnc1)c1ccc(Cl)cc1Cl)C1CCCCC1. The molecule has 25 heavy (non-hydrogen) atoms. The normalized spacial score (nSPS) is 16.0. The quantitative estimate of drug-likeness (QED) is 0.429. The van der Waals surface area contributed by atoms with Gasteiger partial charge < -0.3 is 9.40 Å². The smallest absolute Gasteiger partial charge is 0.331 e. The lowest BCUT2D eigenvalue weighted by molar-refractivity contribution is -0.149. The maximum atomic E-state index is 12.3. The van der Waals surface area contributed by atoms with Crippen LogP contribution >= 0.6 is 23.2 Å². The molecular weight excluding hydrogens is 361 g/mol. The third kappa shape index (κ3) is 4.83. The van der Waals surface area contributed by atoms with E-state index in [1.165, 1.54) is 6.42 Å². The fourth-order valence-electron chi connectivity index (χ4n) is 2.95. The van der Waals surface area contributed by atoms with Gasteiger partial charge in [0.25, 0.3) is 0 Å². The highest BCUT2D eigenvalue weighted by atomic mass is 35.5. The van der Waals surface area contributed by atoms with Crippen LogP contribution in [-0.2, 0) is 16.2 Å². The molecule has 7 heteroatoms. The Balaban J connectivity index is 1.81. The van der Waals surface area contributed by atoms with E-state index >= 15 is 0 Å². The molecule has 1 saturated carbocycles. The Bertz CT molecular complexity index is 754. The molecule has 0 atom stereocenters. The molecule has 1 aromatic heterocycles. The van der Waals surface area contributed by atoms with Crippen LogP contribution in [0.3, 0.4) is 0 Å². The van der Waals surface area contributed by atoms with Crippen LogP contribution in [0.5, 0.6) is 0 Å². The monoisotopic (exact) mass is 379 g/mol. The van der Waals surface area contributed by atoms with Gasteiger partial charge in [-0.1, -0.05) is 47.6 Å². The summed E-state index contributed by atoms with van der Waals surface area (Å²) in [5, 5.41) is 5.12. The molecular formula is C18H19Cl2N3O2. The Labute approximate surface area is 156 Å². The summed E-state index contributed by atoms with van der Waals surface area (Å²) in [7, 11) is 0. The minimum Gasteiger partial charge on any atom is -0.331 e. The van der Waals surface area contributed by atoms with Gasteiger partial charge in [0.2, 0.25) is 0 Å². The fourth-order valence-corrected chi connectivity index (χ4v) is 3.47. The fraction of sp³-hybridized carbons (Fsp3) is 0.389. The van der Waals surface area contributed by atoms with Gasteiger partial charge in [-0.3, -0.25) is 0 Å². The molecule has 0 aliphatic heterocycles. The summed E-state index contributed by atoms with van der Waals surface area (Å²) in [6.45, 7) is 0.388. The lowest BCUT2D eigenvalue weighted by Gasteiger charge is -2.18. The minimum absolute atomic E-state index is 0.0623. The number of benzene rings is 1. The molecule has 1 fully saturated rings. The van der Waals surface area contributed by atoms with Crippen molar-refractivity contribution < 1.29 is 9.63 Å². The Hall–Kier alpha value is -1.85. The minimum atomic E-state index is -0.270. The molecule has 1 aromatic carbocycles. The van der Waals surface area contributed by atoms with Crippen LogP contribution in [0.2, 0.25) is 10.0 Å². The topological polar surface area (TPSA) is 56.5 Å². The van der Waals surface area contributed by atoms with Crippen molar-refractivity contribution in [3.8, 4) is 0 Å². The molecule has 0 bridgehead atoms. The standard InChI is InChI=1S/C18H19Cl2N3O2/c19-14-6-7-15(16(20)10-14)17(11-23-9-8-21-12-23)22-25-18(24)13-4-2-1-3-5-13/h6-10,12-13H,1-5,11H2/b22-17+. The average molecular weight is 380 g/mol. The highest BCUT2D eigenvalue weighted by molar-refractivity contribution is 6.37. The van der Waals surface area contributed by atoms with Crippen LogP contribution < -0.4 is 0 Å². The van der Waals surface area contributed by atoms with E-state index in [4.69, 9.17) is 28.0 Å². The number of carbonyl (C=O) groups excluding carboxylic acids is 1. The summed E-state index contributed by atoms with van der Waals surface area (Å²) in [6.07, 6.45) is 10.2. The number of hydrogen-bond acceptors (Lipinski definition) is 4. The van der Waals surface area contributed by atoms with Gasteiger partial charge in [-0.25, -0.2) is 9.78 Å². The molecule has 0 amide bonds. The highest BCUT2D eigenvalue weighted by Crippen LogP contribution is 2.25. The van der Waals surface area contributed by atoms with Gasteiger partial charge in [0.05, 0.1) is 23.8 Å². The first kappa shape index (κ1) is 18.0. The summed E-state index contributed by atoms with van der Waals surface area (Å²) in [5.41, 5.74) is 1.22. The van der Waals surface area contributed by atoms with Crippen LogP contribution in [0.25, 0.3) is 0 Å². The number of aromatic nitrogens is 2. The molecule has 2 aromatic rings. The first-order valence-corrected chi connectivity index (χ1v) is 9.08. The van der Waals surface area contributed by atoms with Gasteiger partial charge in [-0.15, -0.1) is 0 Å². The van der Waals surface area contributed by atoms with E-state index in [1.807, 2.05) is 10.8 Å². The van der Waals surface area contributed by atoms with E-state index in [2.05, 4.69) is 10.1 Å². The van der Waals surface area contributed by atoms with Crippen molar-refractivity contribution in [1.29, 1.82) is 0 Å². The molecule has 1 heterocycles. The number of halogens is 2. The second kappa shape index (κ2) is 8.50. The molecule has 0 spiro atoms. The Morgan fingerprint density at radius 3 is 2.76 bits per heavy atom. The molecule has 1 aliphatic carbocycles. The molecule has 0 N–H and O–H groups in total. The summed E-state index contributed by atoms with van der Waals surface area (Å²) in [5.74, 6) is -0.333. The lowest BCUT2D eigenvalue weighted by Crippen LogP contribution is -2.20. The maximum Gasteiger partial charge on any atom is 0.338 e. The summed E-state index contributed by atoms with van der Waals surface area (Å²) < 4.78 is 1.83. The summed E-state index contributed by atoms with van der Waals surface area (Å²) in [4.78, 5) is 21.5. The predicted molar refractivity (Wildman–Crippen MR) is 97.9 cm³/mol. The van der Waals surface area contributed by atoms with Crippen LogP contribution in [-0.4, -0.2) is 21.2 Å². The molecule has 132 valence electrons. The van der Waals surface area contributed by atoms with E-state index in [-0.39, 0.29) is 11.9 Å². The van der Waals surface area contributed by atoms with Crippen molar-refractivity contribution in [2.24, 2.45) is 11.1 Å². The Morgan fingerprint density at radius 2 is 2.08 bits per heavy atom. The number of nitrogens with zero attached hydrogens (tertiary/aromatic N) is 3. The van der Waals surface area contributed by atoms with Gasteiger partial charge in [0.15, 0.2) is 0 Å². The lowest BCUT2D eigenvalue weighted by atomic mass is 9.89. The van der Waals surface area contributed by atoms with Gasteiger partial charge in [0, 0.05) is 23.0 Å². The van der Waals surface area contributed by atoms with Crippen LogP contribution in [0.1, 0.15) is 37.7 Å². The number of imidazole rings is 1. The van der Waals surface area contributed by atoms with Crippen LogP contribution in [0, 0.1) is 5.92 Å². The number of oxime groups is 1. The number of rotatable bonds is 5. The molecule has 3 rings (SSSR count). The predicted octanol–water partition coefficient (Wildman–Crippen LogP) is 4.72. The van der Waals surface area contributed by atoms with Gasteiger partial charge in [0.1, 0.15) is 5.71 Å². The summed E-state index contributed by atoms with van der Waals surface area (Å²) in [6, 6.07) is 5.15. The summed E-state index contributed by atoms with van der Waals surface area (Å²) >= 11 is 12.3. The first-order valence-electron chi connectivity index (χ1n) is 8.32. The van der Waals surface area contributed by atoms with Crippen molar-refractivity contribution in [2.45, 2.75) is 38.6 Å². The average Bonchev–Trinajstić information content (AvgIpc) is 3.12. The third-order valence-electron chi connectivity index (χ3n) is 4.32. The molecule has 5 nitrogen and oxygen atoms in total. The van der Waals surface area contributed by atoms with Crippen LogP contribution in [0.4, 0.5) is 0 Å². The van der Waals surface area contributed by atoms with E-state index < -0.39 is 0 Å². The molecule has 0 radical (unpaired) electrons. The zero-order valence-electron chi connectivity index (χ0n) is 13.7. The van der Waals surface area contributed by atoms with E-state index in [1.54, 1.807) is 30.7 Å². The zero-order chi connectivity index (χ0) is 17.6. The first-order chi connectivity index (χ1) is 12.1. The van der Waals surface area contributed by atoms with E-state index in [0.29, 0.717) is 27.9 Å². The third-order valence-corrected chi connectivity index (χ3v) is 4.87. The number of hydrogen-bond donors (Lipinski definition) is 0. The van der Waals surface area contributed by atoms with Gasteiger partial charge >= 0.3 is 5.97 Å². The van der Waals surface area contributed by atoms with E-state index in [0.717, 1.165) is 25.7 Å². The van der Waals surface area contributed by atoms with E-state index in [9.17, 15) is 4.79 Å². The largest absolute Gasteiger partial charge is 0.338 e. The number of carbonyl (C=O) groups is 1. The zero-order valence-corrected chi connectivity index (χ0v) is 15.2.